The molecule has 1 fully saturated rings. The highest BCUT2D eigenvalue weighted by atomic mass is 32.2. The van der Waals surface area contributed by atoms with Crippen molar-refractivity contribution in [2.45, 2.75) is 23.8 Å². The molecule has 3 aromatic rings. The van der Waals surface area contributed by atoms with Crippen LogP contribution in [-0.4, -0.2) is 42.2 Å². The number of methoxy groups -OCH3 is 2. The van der Waals surface area contributed by atoms with Crippen molar-refractivity contribution in [3.8, 4) is 11.5 Å². The molecule has 0 saturated carbocycles. The van der Waals surface area contributed by atoms with Crippen LogP contribution >= 0.6 is 11.7 Å². The van der Waals surface area contributed by atoms with Gasteiger partial charge >= 0.3 is 0 Å². The third kappa shape index (κ3) is 3.05. The summed E-state index contributed by atoms with van der Waals surface area (Å²) in [5.74, 6) is 1.32. The molecule has 0 spiro atoms. The molecule has 1 saturated heterocycles. The zero-order valence-corrected chi connectivity index (χ0v) is 16.6. The summed E-state index contributed by atoms with van der Waals surface area (Å²) in [6, 6.07) is 10.2. The molecule has 0 radical (unpaired) electrons. The monoisotopic (exact) mass is 405 g/mol. The number of nitrogens with zero attached hydrogens (tertiary/aromatic N) is 3. The van der Waals surface area contributed by atoms with Crippen molar-refractivity contribution in [2.75, 3.05) is 20.8 Å². The van der Waals surface area contributed by atoms with Gasteiger partial charge in [0.1, 0.15) is 27.4 Å². The molecule has 9 heteroatoms. The van der Waals surface area contributed by atoms with Gasteiger partial charge in [-0.15, -0.1) is 0 Å². The molecule has 0 N–H and O–H groups in total. The second-order valence-electron chi connectivity index (χ2n) is 6.27. The van der Waals surface area contributed by atoms with Crippen LogP contribution in [0.4, 0.5) is 0 Å². The molecule has 2 heterocycles. The molecule has 7 nitrogen and oxygen atoms in total. The largest absolute Gasteiger partial charge is 0.497 e. The summed E-state index contributed by atoms with van der Waals surface area (Å²) in [7, 11) is -0.564. The molecule has 142 valence electrons. The Balaban J connectivity index is 1.81. The Morgan fingerprint density at radius 2 is 2.00 bits per heavy atom. The molecule has 27 heavy (non-hydrogen) atoms. The van der Waals surface area contributed by atoms with Crippen LogP contribution in [0.15, 0.2) is 41.3 Å². The molecule has 1 aliphatic heterocycles. The SMILES string of the molecule is COc1ccc(OC)c([C@@H]2CCCN2S(=O)(=O)c2cccc3nsnc23)c1. The number of hydrogen-bond acceptors (Lipinski definition) is 7. The van der Waals surface area contributed by atoms with Crippen LogP contribution < -0.4 is 9.47 Å². The Morgan fingerprint density at radius 1 is 1.15 bits per heavy atom. The molecule has 0 bridgehead atoms. The van der Waals surface area contributed by atoms with E-state index in [1.807, 2.05) is 12.1 Å². The minimum absolute atomic E-state index is 0.197. The second kappa shape index (κ2) is 7.06. The van der Waals surface area contributed by atoms with Crippen molar-refractivity contribution in [2.24, 2.45) is 0 Å². The third-order valence-electron chi connectivity index (χ3n) is 4.84. The van der Waals surface area contributed by atoms with Gasteiger partial charge < -0.3 is 9.47 Å². The van der Waals surface area contributed by atoms with Crippen LogP contribution in [0.5, 0.6) is 11.5 Å². The van der Waals surface area contributed by atoms with Crippen LogP contribution in [0.1, 0.15) is 24.4 Å². The van der Waals surface area contributed by atoms with E-state index in [2.05, 4.69) is 8.75 Å². The normalized spacial score (nSPS) is 18.1. The summed E-state index contributed by atoms with van der Waals surface area (Å²) in [6.07, 6.45) is 1.49. The van der Waals surface area contributed by atoms with Crippen molar-refractivity contribution < 1.29 is 17.9 Å². The van der Waals surface area contributed by atoms with Crippen LogP contribution in [0.2, 0.25) is 0 Å². The zero-order chi connectivity index (χ0) is 19.0. The Kier molecular flexibility index (Phi) is 4.75. The predicted octanol–water partition coefficient (Wildman–Crippen LogP) is 3.23. The molecule has 1 aromatic heterocycles. The number of rotatable bonds is 5. The fourth-order valence-corrected chi connectivity index (χ4v) is 5.98. The van der Waals surface area contributed by atoms with Crippen molar-refractivity contribution in [1.29, 1.82) is 0 Å². The summed E-state index contributed by atoms with van der Waals surface area (Å²) in [5, 5.41) is 0. The molecular weight excluding hydrogens is 386 g/mol. The maximum Gasteiger partial charge on any atom is 0.245 e. The zero-order valence-electron chi connectivity index (χ0n) is 15.0. The maximum atomic E-state index is 13.5. The highest BCUT2D eigenvalue weighted by Crippen LogP contribution is 2.42. The van der Waals surface area contributed by atoms with E-state index in [1.165, 1.54) is 0 Å². The number of sulfonamides is 1. The van der Waals surface area contributed by atoms with E-state index in [4.69, 9.17) is 9.47 Å². The summed E-state index contributed by atoms with van der Waals surface area (Å²) >= 11 is 1.01. The maximum absolute atomic E-state index is 13.5. The summed E-state index contributed by atoms with van der Waals surface area (Å²) < 4.78 is 47.7. The average molecular weight is 406 g/mol. The highest BCUT2D eigenvalue weighted by Gasteiger charge is 2.38. The van der Waals surface area contributed by atoms with E-state index in [1.54, 1.807) is 42.8 Å². The number of hydrogen-bond donors (Lipinski definition) is 0. The molecule has 1 atom stereocenters. The van der Waals surface area contributed by atoms with Gasteiger partial charge in [-0.1, -0.05) is 6.07 Å². The van der Waals surface area contributed by atoms with Crippen molar-refractivity contribution in [3.05, 3.63) is 42.0 Å². The van der Waals surface area contributed by atoms with Crippen LogP contribution in [0.25, 0.3) is 11.0 Å². The summed E-state index contributed by atoms with van der Waals surface area (Å²) in [4.78, 5) is 0.197. The van der Waals surface area contributed by atoms with E-state index >= 15 is 0 Å². The number of fused-ring (bicyclic) bond motifs is 1. The lowest BCUT2D eigenvalue weighted by Gasteiger charge is -2.26. The van der Waals surface area contributed by atoms with Crippen molar-refractivity contribution >= 4 is 32.8 Å². The van der Waals surface area contributed by atoms with Gasteiger partial charge in [0.15, 0.2) is 0 Å². The molecular formula is C18H19N3O4S2. The molecule has 2 aromatic carbocycles. The Hall–Kier alpha value is -2.23. The summed E-state index contributed by atoms with van der Waals surface area (Å²) in [5.41, 5.74) is 1.82. The molecule has 4 rings (SSSR count). The quantitative estimate of drug-likeness (QED) is 0.648. The first-order valence-electron chi connectivity index (χ1n) is 8.51. The first-order chi connectivity index (χ1) is 13.1. The Labute approximate surface area is 161 Å². The van der Waals surface area contributed by atoms with Gasteiger partial charge in [-0.2, -0.15) is 13.1 Å². The van der Waals surface area contributed by atoms with Crippen LogP contribution in [0.3, 0.4) is 0 Å². The Bertz CT molecular complexity index is 1080. The fourth-order valence-electron chi connectivity index (χ4n) is 3.55. The van der Waals surface area contributed by atoms with Crippen molar-refractivity contribution in [3.63, 3.8) is 0 Å². The molecule has 0 aliphatic carbocycles. The fraction of sp³-hybridized carbons (Fsp3) is 0.333. The van der Waals surface area contributed by atoms with E-state index in [-0.39, 0.29) is 10.9 Å². The number of ether oxygens (including phenoxy) is 2. The van der Waals surface area contributed by atoms with Gasteiger partial charge in [0.25, 0.3) is 0 Å². The van der Waals surface area contributed by atoms with Gasteiger partial charge in [-0.25, -0.2) is 8.42 Å². The number of aromatic nitrogens is 2. The minimum atomic E-state index is -3.74. The lowest BCUT2D eigenvalue weighted by Crippen LogP contribution is -2.31. The van der Waals surface area contributed by atoms with Gasteiger partial charge in [0.05, 0.1) is 32.0 Å². The van der Waals surface area contributed by atoms with E-state index < -0.39 is 10.0 Å². The lowest BCUT2D eigenvalue weighted by molar-refractivity contribution is 0.362. The van der Waals surface area contributed by atoms with Crippen molar-refractivity contribution in [1.82, 2.24) is 13.1 Å². The van der Waals surface area contributed by atoms with Crippen LogP contribution in [0, 0.1) is 0 Å². The van der Waals surface area contributed by atoms with Crippen LogP contribution in [-0.2, 0) is 10.0 Å². The predicted molar refractivity (Wildman–Crippen MR) is 103 cm³/mol. The summed E-state index contributed by atoms with van der Waals surface area (Å²) in [6.45, 7) is 0.446. The van der Waals surface area contributed by atoms with E-state index in [0.29, 0.717) is 35.5 Å². The van der Waals surface area contributed by atoms with E-state index in [9.17, 15) is 8.42 Å². The average Bonchev–Trinajstić information content (AvgIpc) is 3.36. The molecule has 1 aliphatic rings. The van der Waals surface area contributed by atoms with Gasteiger partial charge in [0.2, 0.25) is 10.0 Å². The smallest absolute Gasteiger partial charge is 0.245 e. The highest BCUT2D eigenvalue weighted by molar-refractivity contribution is 7.89. The minimum Gasteiger partial charge on any atom is -0.497 e. The van der Waals surface area contributed by atoms with E-state index in [0.717, 1.165) is 23.7 Å². The topological polar surface area (TPSA) is 81.6 Å². The second-order valence-corrected chi connectivity index (χ2v) is 8.66. The third-order valence-corrected chi connectivity index (χ3v) is 7.32. The van der Waals surface area contributed by atoms with Gasteiger partial charge in [-0.05, 0) is 43.2 Å². The van der Waals surface area contributed by atoms with Gasteiger partial charge in [0, 0.05) is 12.1 Å². The number of benzene rings is 2. The standard InChI is InChI=1S/C18H19N3O4S2/c1-24-12-8-9-16(25-2)13(11-12)15-6-4-10-21(15)27(22,23)17-7-3-5-14-18(17)20-26-19-14/h3,5,7-9,11,15H,4,6,10H2,1-2H3/t15-/m0/s1. The lowest BCUT2D eigenvalue weighted by atomic mass is 10.0. The Morgan fingerprint density at radius 3 is 2.78 bits per heavy atom. The molecule has 0 amide bonds. The first kappa shape index (κ1) is 18.1. The first-order valence-corrected chi connectivity index (χ1v) is 10.7. The van der Waals surface area contributed by atoms with Gasteiger partial charge in [-0.3, -0.25) is 0 Å². The molecule has 0 unspecified atom stereocenters.